The minimum Gasteiger partial charge on any atom is -0.462 e. The lowest BCUT2D eigenvalue weighted by molar-refractivity contribution is 0.0360. The predicted molar refractivity (Wildman–Crippen MR) is 76.8 cm³/mol. The molecule has 1 aromatic rings. The van der Waals surface area contributed by atoms with Crippen LogP contribution < -0.4 is 0 Å². The Labute approximate surface area is 120 Å². The first-order chi connectivity index (χ1) is 9.56. The summed E-state index contributed by atoms with van der Waals surface area (Å²) in [5.74, 6) is -0.974. The highest BCUT2D eigenvalue weighted by atomic mass is 16.5. The third-order valence-electron chi connectivity index (χ3n) is 2.69. The van der Waals surface area contributed by atoms with Crippen molar-refractivity contribution < 1.29 is 19.1 Å². The summed E-state index contributed by atoms with van der Waals surface area (Å²) in [6.07, 6.45) is 2.69. The SMILES string of the molecule is CCCCCOC(=O)c1ccccc1C(=O)OC(C)C. The quantitative estimate of drug-likeness (QED) is 0.565. The van der Waals surface area contributed by atoms with Crippen molar-refractivity contribution in [3.8, 4) is 0 Å². The van der Waals surface area contributed by atoms with E-state index >= 15 is 0 Å². The van der Waals surface area contributed by atoms with Crippen LogP contribution in [0.5, 0.6) is 0 Å². The lowest BCUT2D eigenvalue weighted by Crippen LogP contribution is -2.17. The molecule has 0 aliphatic heterocycles. The van der Waals surface area contributed by atoms with Crippen LogP contribution in [0.2, 0.25) is 0 Å². The van der Waals surface area contributed by atoms with Crippen molar-refractivity contribution >= 4 is 11.9 Å². The largest absolute Gasteiger partial charge is 0.462 e. The third-order valence-corrected chi connectivity index (χ3v) is 2.69. The molecule has 0 aliphatic carbocycles. The Hall–Kier alpha value is -1.84. The Morgan fingerprint density at radius 2 is 1.65 bits per heavy atom. The summed E-state index contributed by atoms with van der Waals surface area (Å²) in [5, 5.41) is 0. The zero-order valence-corrected chi connectivity index (χ0v) is 12.3. The number of esters is 2. The summed E-state index contributed by atoms with van der Waals surface area (Å²) in [5.41, 5.74) is 0.510. The highest BCUT2D eigenvalue weighted by Gasteiger charge is 2.19. The molecule has 0 N–H and O–H groups in total. The monoisotopic (exact) mass is 278 g/mol. The highest BCUT2D eigenvalue weighted by molar-refractivity contribution is 6.03. The van der Waals surface area contributed by atoms with Gasteiger partial charge in [0.2, 0.25) is 0 Å². The van der Waals surface area contributed by atoms with Crippen molar-refractivity contribution in [1.82, 2.24) is 0 Å². The van der Waals surface area contributed by atoms with E-state index in [0.29, 0.717) is 6.61 Å². The lowest BCUT2D eigenvalue weighted by Gasteiger charge is -2.11. The number of rotatable bonds is 7. The molecular formula is C16H22O4. The fraction of sp³-hybridized carbons (Fsp3) is 0.500. The molecule has 0 aromatic heterocycles. The van der Waals surface area contributed by atoms with Gasteiger partial charge in [-0.1, -0.05) is 31.9 Å². The van der Waals surface area contributed by atoms with Crippen molar-refractivity contribution in [3.05, 3.63) is 35.4 Å². The number of hydrogen-bond donors (Lipinski definition) is 0. The molecule has 4 nitrogen and oxygen atoms in total. The smallest absolute Gasteiger partial charge is 0.339 e. The molecule has 4 heteroatoms. The third kappa shape index (κ3) is 5.03. The van der Waals surface area contributed by atoms with Crippen LogP contribution in [0.4, 0.5) is 0 Å². The van der Waals surface area contributed by atoms with Crippen LogP contribution in [0.3, 0.4) is 0 Å². The number of unbranched alkanes of at least 4 members (excludes halogenated alkanes) is 2. The van der Waals surface area contributed by atoms with Gasteiger partial charge in [0.15, 0.2) is 0 Å². The minimum atomic E-state index is -0.499. The molecule has 0 saturated carbocycles. The van der Waals surface area contributed by atoms with Crippen LogP contribution in [-0.2, 0) is 9.47 Å². The van der Waals surface area contributed by atoms with Gasteiger partial charge in [-0.3, -0.25) is 0 Å². The first-order valence-corrected chi connectivity index (χ1v) is 7.03. The van der Waals surface area contributed by atoms with Gasteiger partial charge in [-0.15, -0.1) is 0 Å². The molecule has 0 spiro atoms. The second-order valence-electron chi connectivity index (χ2n) is 4.84. The fourth-order valence-corrected chi connectivity index (χ4v) is 1.71. The maximum Gasteiger partial charge on any atom is 0.339 e. The van der Waals surface area contributed by atoms with Gasteiger partial charge >= 0.3 is 11.9 Å². The van der Waals surface area contributed by atoms with Crippen LogP contribution >= 0.6 is 0 Å². The highest BCUT2D eigenvalue weighted by Crippen LogP contribution is 2.13. The first-order valence-electron chi connectivity index (χ1n) is 7.03. The molecule has 0 heterocycles. The van der Waals surface area contributed by atoms with Gasteiger partial charge in [0.25, 0.3) is 0 Å². The Morgan fingerprint density at radius 3 is 2.20 bits per heavy atom. The average molecular weight is 278 g/mol. The van der Waals surface area contributed by atoms with E-state index in [4.69, 9.17) is 9.47 Å². The zero-order valence-electron chi connectivity index (χ0n) is 12.3. The van der Waals surface area contributed by atoms with Crippen LogP contribution in [0.15, 0.2) is 24.3 Å². The van der Waals surface area contributed by atoms with Crippen molar-refractivity contribution in [3.63, 3.8) is 0 Å². The van der Waals surface area contributed by atoms with Gasteiger partial charge in [-0.2, -0.15) is 0 Å². The van der Waals surface area contributed by atoms with E-state index < -0.39 is 11.9 Å². The van der Waals surface area contributed by atoms with Crippen LogP contribution in [0, 0.1) is 0 Å². The van der Waals surface area contributed by atoms with Gasteiger partial charge in [-0.25, -0.2) is 9.59 Å². The van der Waals surface area contributed by atoms with E-state index in [-0.39, 0.29) is 17.2 Å². The molecule has 0 aliphatic rings. The summed E-state index contributed by atoms with van der Waals surface area (Å²) < 4.78 is 10.3. The van der Waals surface area contributed by atoms with Gasteiger partial charge in [0.05, 0.1) is 23.8 Å². The van der Waals surface area contributed by atoms with E-state index in [1.54, 1.807) is 38.1 Å². The molecule has 0 fully saturated rings. The normalized spacial score (nSPS) is 10.4. The van der Waals surface area contributed by atoms with Crippen molar-refractivity contribution in [2.45, 2.75) is 46.1 Å². The zero-order chi connectivity index (χ0) is 15.0. The summed E-state index contributed by atoms with van der Waals surface area (Å²) in [7, 11) is 0. The molecule has 0 bridgehead atoms. The average Bonchev–Trinajstić information content (AvgIpc) is 2.42. The first kappa shape index (κ1) is 16.2. The Kier molecular flexibility index (Phi) is 6.77. The van der Waals surface area contributed by atoms with Gasteiger partial charge in [0, 0.05) is 0 Å². The van der Waals surface area contributed by atoms with Gasteiger partial charge in [-0.05, 0) is 32.4 Å². The van der Waals surface area contributed by atoms with Gasteiger partial charge in [0.1, 0.15) is 0 Å². The van der Waals surface area contributed by atoms with E-state index in [1.807, 2.05) is 0 Å². The topological polar surface area (TPSA) is 52.6 Å². The molecule has 0 atom stereocenters. The van der Waals surface area contributed by atoms with Crippen LogP contribution in [0.25, 0.3) is 0 Å². The predicted octanol–water partition coefficient (Wildman–Crippen LogP) is 3.60. The van der Waals surface area contributed by atoms with E-state index in [0.717, 1.165) is 19.3 Å². The van der Waals surface area contributed by atoms with E-state index in [9.17, 15) is 9.59 Å². The Morgan fingerprint density at radius 1 is 1.05 bits per heavy atom. The van der Waals surface area contributed by atoms with Gasteiger partial charge < -0.3 is 9.47 Å². The van der Waals surface area contributed by atoms with E-state index in [2.05, 4.69) is 6.92 Å². The molecular weight excluding hydrogens is 256 g/mol. The summed E-state index contributed by atoms with van der Waals surface area (Å²) in [6.45, 7) is 5.99. The number of ether oxygens (including phenoxy) is 2. The number of hydrogen-bond acceptors (Lipinski definition) is 4. The standard InChI is InChI=1S/C16H22O4/c1-4-5-8-11-19-15(17)13-9-6-7-10-14(13)16(18)20-12(2)3/h6-7,9-10,12H,4-5,8,11H2,1-3H3. The van der Waals surface area contributed by atoms with Crippen molar-refractivity contribution in [2.24, 2.45) is 0 Å². The molecule has 0 unspecified atom stereocenters. The maximum absolute atomic E-state index is 12.0. The summed E-state index contributed by atoms with van der Waals surface area (Å²) in [4.78, 5) is 23.9. The van der Waals surface area contributed by atoms with Crippen LogP contribution in [-0.4, -0.2) is 24.6 Å². The molecule has 1 rings (SSSR count). The van der Waals surface area contributed by atoms with Crippen LogP contribution in [0.1, 0.15) is 60.7 Å². The fourth-order valence-electron chi connectivity index (χ4n) is 1.71. The van der Waals surface area contributed by atoms with E-state index in [1.165, 1.54) is 0 Å². The number of carbonyl (C=O) groups is 2. The molecule has 0 amide bonds. The molecule has 0 radical (unpaired) electrons. The van der Waals surface area contributed by atoms with Crippen molar-refractivity contribution in [1.29, 1.82) is 0 Å². The molecule has 0 saturated heterocycles. The molecule has 20 heavy (non-hydrogen) atoms. The Bertz CT molecular complexity index is 452. The lowest BCUT2D eigenvalue weighted by atomic mass is 10.1. The molecule has 110 valence electrons. The summed E-state index contributed by atoms with van der Waals surface area (Å²) >= 11 is 0. The maximum atomic E-state index is 12.0. The number of benzene rings is 1. The van der Waals surface area contributed by atoms with Crippen molar-refractivity contribution in [2.75, 3.05) is 6.61 Å². The second kappa shape index (κ2) is 8.35. The molecule has 1 aromatic carbocycles. The second-order valence-corrected chi connectivity index (χ2v) is 4.84. The minimum absolute atomic E-state index is 0.226. The number of carbonyl (C=O) groups excluding carboxylic acids is 2. The Balaban J connectivity index is 2.74. The summed E-state index contributed by atoms with van der Waals surface area (Å²) in [6, 6.07) is 6.56.